The summed E-state index contributed by atoms with van der Waals surface area (Å²) in [6.45, 7) is 5.37. The molecule has 0 radical (unpaired) electrons. The van der Waals surface area contributed by atoms with E-state index >= 15 is 0 Å². The van der Waals surface area contributed by atoms with Gasteiger partial charge in [-0.05, 0) is 61.6 Å². The number of aryl methyl sites for hydroxylation is 4. The molecule has 0 atom stereocenters. The van der Waals surface area contributed by atoms with Crippen LogP contribution >= 0.6 is 11.3 Å². The molecule has 0 aliphatic carbocycles. The zero-order valence-corrected chi connectivity index (χ0v) is 20.7. The molecule has 0 saturated heterocycles. The summed E-state index contributed by atoms with van der Waals surface area (Å²) in [6, 6.07) is 12.2. The number of hydrogen-bond donors (Lipinski definition) is 0. The average molecular weight is 476 g/mol. The summed E-state index contributed by atoms with van der Waals surface area (Å²) >= 11 is 1.53. The first-order valence-corrected chi connectivity index (χ1v) is 12.6. The fourth-order valence-electron chi connectivity index (χ4n) is 4.54. The van der Waals surface area contributed by atoms with Gasteiger partial charge in [-0.3, -0.25) is 4.79 Å². The molecule has 0 spiro atoms. The number of nitrogens with zero attached hydrogens (tertiary/aromatic N) is 3. The molecule has 7 heteroatoms. The molecule has 2 aromatic heterocycles. The number of fused-ring (bicyclic) bond motifs is 3. The first kappa shape index (κ1) is 22.6. The molecule has 3 heterocycles. The topological polar surface area (TPSA) is 66.2 Å². The zero-order valence-electron chi connectivity index (χ0n) is 19.9. The number of esters is 1. The number of carbonyl (C=O) groups is 1. The summed E-state index contributed by atoms with van der Waals surface area (Å²) in [5.74, 6) is 1.71. The standard InChI is InChI=1S/C27H29N3O3S/c1-4-20-24(34-27(29-20)19-10-8-17(2)13-23(19)32-3)15-26(31)33-16-18-9-11-22-21(14-18)28-25-7-5-6-12-30(22)25/h8-11,13-14H,4-7,12,15-16H2,1-3H3. The molecule has 2 aromatic carbocycles. The Morgan fingerprint density at radius 1 is 1.15 bits per heavy atom. The Labute approximate surface area is 203 Å². The lowest BCUT2D eigenvalue weighted by atomic mass is 10.1. The molecule has 0 bridgehead atoms. The van der Waals surface area contributed by atoms with E-state index in [-0.39, 0.29) is 19.0 Å². The van der Waals surface area contributed by atoms with Crippen molar-refractivity contribution in [1.82, 2.24) is 14.5 Å². The summed E-state index contributed by atoms with van der Waals surface area (Å²) in [4.78, 5) is 23.2. The van der Waals surface area contributed by atoms with Gasteiger partial charge in [-0.15, -0.1) is 11.3 Å². The van der Waals surface area contributed by atoms with E-state index in [9.17, 15) is 4.79 Å². The van der Waals surface area contributed by atoms with Crippen molar-refractivity contribution >= 4 is 28.3 Å². The molecule has 1 aliphatic rings. The van der Waals surface area contributed by atoms with Gasteiger partial charge in [-0.1, -0.05) is 19.1 Å². The molecule has 0 unspecified atom stereocenters. The molecule has 0 saturated carbocycles. The second-order valence-corrected chi connectivity index (χ2v) is 9.83. The van der Waals surface area contributed by atoms with E-state index in [1.807, 2.05) is 37.3 Å². The van der Waals surface area contributed by atoms with Crippen LogP contribution < -0.4 is 4.74 Å². The maximum absolute atomic E-state index is 12.7. The summed E-state index contributed by atoms with van der Waals surface area (Å²) in [6.07, 6.45) is 4.41. The summed E-state index contributed by atoms with van der Waals surface area (Å²) in [5.41, 5.74) is 6.12. The summed E-state index contributed by atoms with van der Waals surface area (Å²) in [5, 5.41) is 0.866. The van der Waals surface area contributed by atoms with Gasteiger partial charge in [-0.2, -0.15) is 0 Å². The van der Waals surface area contributed by atoms with Crippen molar-refractivity contribution in [2.75, 3.05) is 7.11 Å². The van der Waals surface area contributed by atoms with Gasteiger partial charge in [0.15, 0.2) is 0 Å². The predicted molar refractivity (Wildman–Crippen MR) is 134 cm³/mol. The second kappa shape index (κ2) is 9.58. The van der Waals surface area contributed by atoms with Gasteiger partial charge in [-0.25, -0.2) is 9.97 Å². The molecule has 0 N–H and O–H groups in total. The Kier molecular flexibility index (Phi) is 6.37. The number of thiazole rings is 1. The molecule has 6 nitrogen and oxygen atoms in total. The maximum Gasteiger partial charge on any atom is 0.311 e. The lowest BCUT2D eigenvalue weighted by molar-refractivity contribution is -0.144. The smallest absolute Gasteiger partial charge is 0.311 e. The van der Waals surface area contributed by atoms with Crippen molar-refractivity contribution in [3.8, 4) is 16.3 Å². The van der Waals surface area contributed by atoms with Crippen LogP contribution in [0, 0.1) is 6.92 Å². The number of ether oxygens (including phenoxy) is 2. The van der Waals surface area contributed by atoms with E-state index in [4.69, 9.17) is 19.4 Å². The van der Waals surface area contributed by atoms with E-state index in [2.05, 4.69) is 17.6 Å². The van der Waals surface area contributed by atoms with E-state index in [1.54, 1.807) is 7.11 Å². The molecular weight excluding hydrogens is 446 g/mol. The third-order valence-corrected chi connectivity index (χ3v) is 7.46. The SMILES string of the molecule is CCc1nc(-c2ccc(C)cc2OC)sc1CC(=O)OCc1ccc2c(c1)nc1n2CCCC1. The summed E-state index contributed by atoms with van der Waals surface area (Å²) in [7, 11) is 1.67. The molecule has 34 heavy (non-hydrogen) atoms. The van der Waals surface area contributed by atoms with Crippen LogP contribution in [0.15, 0.2) is 36.4 Å². The highest BCUT2D eigenvalue weighted by atomic mass is 32.1. The Hall–Kier alpha value is -3.19. The highest BCUT2D eigenvalue weighted by Gasteiger charge is 2.19. The van der Waals surface area contributed by atoms with Crippen LogP contribution in [0.1, 0.15) is 47.3 Å². The Balaban J connectivity index is 1.28. The van der Waals surface area contributed by atoms with E-state index in [1.165, 1.54) is 29.7 Å². The van der Waals surface area contributed by atoms with Crippen molar-refractivity contribution in [1.29, 1.82) is 0 Å². The zero-order chi connectivity index (χ0) is 23.7. The highest BCUT2D eigenvalue weighted by molar-refractivity contribution is 7.15. The average Bonchev–Trinajstić information content (AvgIpc) is 3.43. The third-order valence-electron chi connectivity index (χ3n) is 6.33. The minimum atomic E-state index is -0.245. The molecule has 176 valence electrons. The van der Waals surface area contributed by atoms with Crippen molar-refractivity contribution in [2.24, 2.45) is 0 Å². The van der Waals surface area contributed by atoms with Gasteiger partial charge in [0.1, 0.15) is 23.2 Å². The molecule has 0 fully saturated rings. The van der Waals surface area contributed by atoms with Gasteiger partial charge in [0, 0.05) is 17.8 Å². The van der Waals surface area contributed by atoms with Crippen LogP contribution in [0.5, 0.6) is 5.75 Å². The Morgan fingerprint density at radius 2 is 2.03 bits per heavy atom. The largest absolute Gasteiger partial charge is 0.496 e. The maximum atomic E-state index is 12.7. The number of aromatic nitrogens is 3. The minimum Gasteiger partial charge on any atom is -0.496 e. The third kappa shape index (κ3) is 4.44. The fraction of sp³-hybridized carbons (Fsp3) is 0.370. The monoisotopic (exact) mass is 475 g/mol. The van der Waals surface area contributed by atoms with E-state index in [0.717, 1.165) is 68.7 Å². The van der Waals surface area contributed by atoms with Crippen LogP contribution in [-0.4, -0.2) is 27.6 Å². The molecule has 5 rings (SSSR count). The molecular formula is C27H29N3O3S. The second-order valence-electron chi connectivity index (χ2n) is 8.74. The van der Waals surface area contributed by atoms with Crippen molar-refractivity contribution in [3.63, 3.8) is 0 Å². The van der Waals surface area contributed by atoms with Crippen LogP contribution in [-0.2, 0) is 41.9 Å². The van der Waals surface area contributed by atoms with Gasteiger partial charge in [0.05, 0.1) is 35.8 Å². The van der Waals surface area contributed by atoms with Gasteiger partial charge < -0.3 is 14.0 Å². The van der Waals surface area contributed by atoms with Crippen LogP contribution in [0.25, 0.3) is 21.6 Å². The number of carbonyl (C=O) groups excluding carboxylic acids is 1. The first-order chi connectivity index (χ1) is 16.6. The molecule has 0 amide bonds. The van der Waals surface area contributed by atoms with Crippen molar-refractivity contribution < 1.29 is 14.3 Å². The fourth-order valence-corrected chi connectivity index (χ4v) is 5.71. The first-order valence-electron chi connectivity index (χ1n) is 11.8. The lowest BCUT2D eigenvalue weighted by Crippen LogP contribution is -2.10. The van der Waals surface area contributed by atoms with Crippen LogP contribution in [0.4, 0.5) is 0 Å². The summed E-state index contributed by atoms with van der Waals surface area (Å²) < 4.78 is 13.5. The van der Waals surface area contributed by atoms with Gasteiger partial charge in [0.2, 0.25) is 0 Å². The van der Waals surface area contributed by atoms with Crippen LogP contribution in [0.3, 0.4) is 0 Å². The number of hydrogen-bond acceptors (Lipinski definition) is 6. The molecule has 4 aromatic rings. The quantitative estimate of drug-likeness (QED) is 0.323. The number of imidazole rings is 1. The van der Waals surface area contributed by atoms with Crippen molar-refractivity contribution in [3.05, 3.63) is 63.9 Å². The lowest BCUT2D eigenvalue weighted by Gasteiger charge is -2.13. The molecule has 1 aliphatic heterocycles. The van der Waals surface area contributed by atoms with Crippen LogP contribution in [0.2, 0.25) is 0 Å². The highest BCUT2D eigenvalue weighted by Crippen LogP contribution is 2.35. The van der Waals surface area contributed by atoms with E-state index in [0.29, 0.717) is 0 Å². The van der Waals surface area contributed by atoms with Crippen molar-refractivity contribution in [2.45, 2.75) is 59.1 Å². The predicted octanol–water partition coefficient (Wildman–Crippen LogP) is 5.66. The minimum absolute atomic E-state index is 0.218. The van der Waals surface area contributed by atoms with Gasteiger partial charge >= 0.3 is 5.97 Å². The Bertz CT molecular complexity index is 1350. The normalized spacial score (nSPS) is 13.1. The Morgan fingerprint density at radius 3 is 2.85 bits per heavy atom. The number of benzene rings is 2. The van der Waals surface area contributed by atoms with E-state index < -0.39 is 0 Å². The number of methoxy groups -OCH3 is 1. The number of rotatable bonds is 7. The van der Waals surface area contributed by atoms with Gasteiger partial charge in [0.25, 0.3) is 0 Å².